The normalized spacial score (nSPS) is 10.4. The van der Waals surface area contributed by atoms with Crippen molar-refractivity contribution < 1.29 is 27.9 Å². The van der Waals surface area contributed by atoms with Crippen LogP contribution < -0.4 is 10.1 Å². The van der Waals surface area contributed by atoms with Crippen LogP contribution in [0.5, 0.6) is 5.75 Å². The summed E-state index contributed by atoms with van der Waals surface area (Å²) in [5, 5.41) is 2.49. The number of nitrogens with one attached hydrogen (secondary N) is 1. The molecule has 3 aromatic rings. The van der Waals surface area contributed by atoms with E-state index in [1.165, 1.54) is 18.2 Å². The Kier molecular flexibility index (Phi) is 6.29. The SMILES string of the molecule is O=C(COC(=O)c1ccc(COc2ccccc2)o1)Nc1ccc(Cl)cc1F. The molecule has 8 heteroatoms. The van der Waals surface area contributed by atoms with Gasteiger partial charge >= 0.3 is 5.97 Å². The fourth-order valence-corrected chi connectivity index (χ4v) is 2.37. The number of halogens is 2. The van der Waals surface area contributed by atoms with Crippen molar-refractivity contribution in [2.75, 3.05) is 11.9 Å². The van der Waals surface area contributed by atoms with Crippen LogP contribution in [-0.2, 0) is 16.1 Å². The van der Waals surface area contributed by atoms with Crippen LogP contribution in [0.4, 0.5) is 10.1 Å². The maximum atomic E-state index is 13.6. The zero-order valence-corrected chi connectivity index (χ0v) is 15.2. The average molecular weight is 404 g/mol. The summed E-state index contributed by atoms with van der Waals surface area (Å²) in [4.78, 5) is 23.8. The van der Waals surface area contributed by atoms with E-state index >= 15 is 0 Å². The van der Waals surface area contributed by atoms with E-state index in [2.05, 4.69) is 5.32 Å². The zero-order valence-electron chi connectivity index (χ0n) is 14.5. The molecule has 3 rings (SSSR count). The number of anilines is 1. The molecule has 0 bridgehead atoms. The van der Waals surface area contributed by atoms with Gasteiger partial charge in [-0.25, -0.2) is 9.18 Å². The van der Waals surface area contributed by atoms with Crippen molar-refractivity contribution in [1.29, 1.82) is 0 Å². The second-order valence-corrected chi connectivity index (χ2v) is 6.05. The molecule has 0 fully saturated rings. The summed E-state index contributed by atoms with van der Waals surface area (Å²) in [6, 6.07) is 15.9. The van der Waals surface area contributed by atoms with E-state index < -0.39 is 24.3 Å². The Hall–Kier alpha value is -3.32. The number of amides is 1. The minimum atomic E-state index is -0.822. The minimum absolute atomic E-state index is 0.0659. The molecule has 0 atom stereocenters. The van der Waals surface area contributed by atoms with Crippen LogP contribution >= 0.6 is 11.6 Å². The fraction of sp³-hybridized carbons (Fsp3) is 0.100. The zero-order chi connectivity index (χ0) is 19.9. The number of para-hydroxylation sites is 1. The van der Waals surface area contributed by atoms with Crippen molar-refractivity contribution >= 4 is 29.2 Å². The van der Waals surface area contributed by atoms with Gasteiger partial charge in [-0.15, -0.1) is 0 Å². The summed E-state index contributed by atoms with van der Waals surface area (Å²) < 4.78 is 29.4. The van der Waals surface area contributed by atoms with Gasteiger partial charge in [0.05, 0.1) is 5.69 Å². The minimum Gasteiger partial charge on any atom is -0.486 e. The highest BCUT2D eigenvalue weighted by Gasteiger charge is 2.16. The molecule has 1 heterocycles. The van der Waals surface area contributed by atoms with Gasteiger partial charge in [-0.2, -0.15) is 0 Å². The molecular formula is C20H15ClFNO5. The molecule has 0 saturated heterocycles. The topological polar surface area (TPSA) is 77.8 Å². The van der Waals surface area contributed by atoms with E-state index in [1.807, 2.05) is 18.2 Å². The molecule has 0 saturated carbocycles. The van der Waals surface area contributed by atoms with Gasteiger partial charge in [-0.1, -0.05) is 29.8 Å². The average Bonchev–Trinajstić information content (AvgIpc) is 3.17. The number of hydrogen-bond donors (Lipinski definition) is 1. The Balaban J connectivity index is 1.48. The largest absolute Gasteiger partial charge is 0.486 e. The molecule has 1 aromatic heterocycles. The third-order valence-electron chi connectivity index (χ3n) is 3.53. The third-order valence-corrected chi connectivity index (χ3v) is 3.76. The Morgan fingerprint density at radius 2 is 1.86 bits per heavy atom. The molecule has 0 unspecified atom stereocenters. The van der Waals surface area contributed by atoms with Crippen LogP contribution in [0.2, 0.25) is 5.02 Å². The fourth-order valence-electron chi connectivity index (χ4n) is 2.22. The van der Waals surface area contributed by atoms with Gasteiger partial charge in [0, 0.05) is 5.02 Å². The van der Waals surface area contributed by atoms with Crippen LogP contribution in [0.1, 0.15) is 16.3 Å². The first-order valence-corrected chi connectivity index (χ1v) is 8.57. The molecule has 6 nitrogen and oxygen atoms in total. The van der Waals surface area contributed by atoms with Crippen molar-refractivity contribution in [2.24, 2.45) is 0 Å². The molecule has 1 amide bonds. The molecule has 0 aliphatic heterocycles. The summed E-state index contributed by atoms with van der Waals surface area (Å²) in [7, 11) is 0. The molecule has 2 aromatic carbocycles. The van der Waals surface area contributed by atoms with E-state index in [0.29, 0.717) is 11.5 Å². The second-order valence-electron chi connectivity index (χ2n) is 5.62. The summed E-state index contributed by atoms with van der Waals surface area (Å²) in [6.45, 7) is -0.467. The van der Waals surface area contributed by atoms with Crippen LogP contribution in [0.25, 0.3) is 0 Å². The predicted molar refractivity (Wildman–Crippen MR) is 99.8 cm³/mol. The van der Waals surface area contributed by atoms with Crippen molar-refractivity contribution in [1.82, 2.24) is 0 Å². The maximum Gasteiger partial charge on any atom is 0.374 e. The summed E-state index contributed by atoms with van der Waals surface area (Å²) in [5.41, 5.74) is -0.0659. The number of hydrogen-bond acceptors (Lipinski definition) is 5. The predicted octanol–water partition coefficient (Wildman–Crippen LogP) is 4.45. The van der Waals surface area contributed by atoms with Gasteiger partial charge in [-0.05, 0) is 42.5 Å². The highest BCUT2D eigenvalue weighted by molar-refractivity contribution is 6.30. The molecule has 28 heavy (non-hydrogen) atoms. The molecule has 1 N–H and O–H groups in total. The lowest BCUT2D eigenvalue weighted by molar-refractivity contribution is -0.119. The lowest BCUT2D eigenvalue weighted by Crippen LogP contribution is -2.21. The van der Waals surface area contributed by atoms with Gasteiger partial charge in [0.1, 0.15) is 23.9 Å². The summed E-state index contributed by atoms with van der Waals surface area (Å²) >= 11 is 5.64. The van der Waals surface area contributed by atoms with Crippen molar-refractivity contribution in [3.63, 3.8) is 0 Å². The Labute approximate surface area is 164 Å². The van der Waals surface area contributed by atoms with E-state index in [0.717, 1.165) is 6.07 Å². The van der Waals surface area contributed by atoms with Gasteiger partial charge in [-0.3, -0.25) is 4.79 Å². The van der Waals surface area contributed by atoms with E-state index in [9.17, 15) is 14.0 Å². The Morgan fingerprint density at radius 3 is 2.61 bits per heavy atom. The molecule has 0 aliphatic rings. The number of carbonyl (C=O) groups excluding carboxylic acids is 2. The van der Waals surface area contributed by atoms with Crippen LogP contribution in [0.15, 0.2) is 65.1 Å². The Morgan fingerprint density at radius 1 is 1.07 bits per heavy atom. The molecule has 0 aliphatic carbocycles. The number of carbonyl (C=O) groups is 2. The van der Waals surface area contributed by atoms with Crippen LogP contribution in [-0.4, -0.2) is 18.5 Å². The number of ether oxygens (including phenoxy) is 2. The smallest absolute Gasteiger partial charge is 0.374 e. The quantitative estimate of drug-likeness (QED) is 0.590. The van der Waals surface area contributed by atoms with Gasteiger partial charge < -0.3 is 19.2 Å². The Bertz CT molecular complexity index is 974. The summed E-state index contributed by atoms with van der Waals surface area (Å²) in [5.74, 6) is -1.21. The van der Waals surface area contributed by atoms with Crippen LogP contribution in [0.3, 0.4) is 0 Å². The first-order valence-electron chi connectivity index (χ1n) is 8.20. The summed E-state index contributed by atoms with van der Waals surface area (Å²) in [6.07, 6.45) is 0. The second kappa shape index (κ2) is 9.05. The highest BCUT2D eigenvalue weighted by atomic mass is 35.5. The lowest BCUT2D eigenvalue weighted by Gasteiger charge is -2.07. The number of esters is 1. The molecule has 0 radical (unpaired) electrons. The number of furan rings is 1. The maximum absolute atomic E-state index is 13.6. The number of benzene rings is 2. The first-order chi connectivity index (χ1) is 13.5. The van der Waals surface area contributed by atoms with Crippen molar-refractivity contribution in [3.05, 3.63) is 83.0 Å². The lowest BCUT2D eigenvalue weighted by atomic mass is 10.3. The standard InChI is InChI=1S/C20H15ClFNO5/c21-13-6-8-17(16(22)10-13)23-19(24)12-27-20(25)18-9-7-15(28-18)11-26-14-4-2-1-3-5-14/h1-10H,11-12H2,(H,23,24). The van der Waals surface area contributed by atoms with Crippen molar-refractivity contribution in [3.8, 4) is 5.75 Å². The van der Waals surface area contributed by atoms with E-state index in [4.69, 9.17) is 25.5 Å². The van der Waals surface area contributed by atoms with Gasteiger partial charge in [0.25, 0.3) is 5.91 Å². The van der Waals surface area contributed by atoms with E-state index in [1.54, 1.807) is 18.2 Å². The molecule has 144 valence electrons. The van der Waals surface area contributed by atoms with Gasteiger partial charge in [0.15, 0.2) is 6.61 Å². The van der Waals surface area contributed by atoms with Crippen LogP contribution in [0, 0.1) is 5.82 Å². The highest BCUT2D eigenvalue weighted by Crippen LogP contribution is 2.19. The van der Waals surface area contributed by atoms with Crippen molar-refractivity contribution in [2.45, 2.75) is 6.61 Å². The first kappa shape index (κ1) is 19.4. The van der Waals surface area contributed by atoms with E-state index in [-0.39, 0.29) is 23.1 Å². The molecule has 0 spiro atoms. The monoisotopic (exact) mass is 403 g/mol. The van der Waals surface area contributed by atoms with Gasteiger partial charge in [0.2, 0.25) is 5.76 Å². The third kappa shape index (κ3) is 5.34. The number of rotatable bonds is 7. The molecular weight excluding hydrogens is 389 g/mol.